The van der Waals surface area contributed by atoms with Gasteiger partial charge in [0.1, 0.15) is 6.26 Å². The molecule has 18 heavy (non-hydrogen) atoms. The van der Waals surface area contributed by atoms with Crippen LogP contribution in [0.25, 0.3) is 0 Å². The molecule has 0 saturated heterocycles. The van der Waals surface area contributed by atoms with E-state index in [-0.39, 0.29) is 5.91 Å². The van der Waals surface area contributed by atoms with Gasteiger partial charge in [0.05, 0.1) is 0 Å². The highest BCUT2D eigenvalue weighted by molar-refractivity contribution is 5.91. The number of hydrogen-bond acceptors (Lipinski definition) is 4. The molecule has 5 nitrogen and oxygen atoms in total. The first-order chi connectivity index (χ1) is 8.86. The SMILES string of the molecule is O=C(NCCNC1CCCCCC1)c1ccon1. The Morgan fingerprint density at radius 3 is 2.72 bits per heavy atom. The Morgan fingerprint density at radius 2 is 2.06 bits per heavy atom. The Kier molecular flexibility index (Phi) is 5.20. The van der Waals surface area contributed by atoms with Crippen molar-refractivity contribution in [2.75, 3.05) is 13.1 Å². The molecule has 1 heterocycles. The molecule has 2 N–H and O–H groups in total. The minimum atomic E-state index is -0.175. The fraction of sp³-hybridized carbons (Fsp3) is 0.692. The van der Waals surface area contributed by atoms with Gasteiger partial charge in [0.25, 0.3) is 5.91 Å². The van der Waals surface area contributed by atoms with Crippen LogP contribution in [0.1, 0.15) is 49.0 Å². The van der Waals surface area contributed by atoms with Crippen molar-refractivity contribution in [1.82, 2.24) is 15.8 Å². The molecule has 1 fully saturated rings. The van der Waals surface area contributed by atoms with Crippen LogP contribution in [0.3, 0.4) is 0 Å². The smallest absolute Gasteiger partial charge is 0.273 e. The van der Waals surface area contributed by atoms with E-state index in [0.29, 0.717) is 18.3 Å². The van der Waals surface area contributed by atoms with Crippen molar-refractivity contribution in [3.05, 3.63) is 18.0 Å². The molecule has 0 atom stereocenters. The van der Waals surface area contributed by atoms with Crippen molar-refractivity contribution in [3.63, 3.8) is 0 Å². The monoisotopic (exact) mass is 251 g/mol. The number of carbonyl (C=O) groups excluding carboxylic acids is 1. The summed E-state index contributed by atoms with van der Waals surface area (Å²) in [6, 6.07) is 2.19. The zero-order valence-corrected chi connectivity index (χ0v) is 10.7. The second-order valence-corrected chi connectivity index (χ2v) is 4.78. The number of nitrogens with one attached hydrogen (secondary N) is 2. The average Bonchev–Trinajstić information content (AvgIpc) is 2.80. The minimum Gasteiger partial charge on any atom is -0.364 e. The molecule has 1 aliphatic carbocycles. The molecule has 0 aromatic carbocycles. The second kappa shape index (κ2) is 7.16. The van der Waals surface area contributed by atoms with Crippen LogP contribution in [-0.4, -0.2) is 30.2 Å². The number of nitrogens with zero attached hydrogens (tertiary/aromatic N) is 1. The van der Waals surface area contributed by atoms with Gasteiger partial charge >= 0.3 is 0 Å². The van der Waals surface area contributed by atoms with E-state index >= 15 is 0 Å². The lowest BCUT2D eigenvalue weighted by molar-refractivity contribution is 0.0944. The molecule has 0 spiro atoms. The Labute approximate surface area is 107 Å². The molecule has 1 amide bonds. The van der Waals surface area contributed by atoms with E-state index in [1.165, 1.54) is 44.8 Å². The topological polar surface area (TPSA) is 67.2 Å². The predicted octanol–water partition coefficient (Wildman–Crippen LogP) is 1.72. The summed E-state index contributed by atoms with van der Waals surface area (Å²) in [4.78, 5) is 11.6. The van der Waals surface area contributed by atoms with Gasteiger partial charge in [-0.1, -0.05) is 30.8 Å². The summed E-state index contributed by atoms with van der Waals surface area (Å²) in [5.41, 5.74) is 0.337. The van der Waals surface area contributed by atoms with Gasteiger partial charge < -0.3 is 15.2 Å². The lowest BCUT2D eigenvalue weighted by atomic mass is 10.1. The van der Waals surface area contributed by atoms with Gasteiger partial charge in [-0.25, -0.2) is 0 Å². The van der Waals surface area contributed by atoms with Crippen LogP contribution >= 0.6 is 0 Å². The minimum absolute atomic E-state index is 0.175. The molecule has 1 saturated carbocycles. The normalized spacial score (nSPS) is 17.3. The van der Waals surface area contributed by atoms with Gasteiger partial charge in [0, 0.05) is 25.2 Å². The molecule has 2 rings (SSSR count). The molecule has 0 aliphatic heterocycles. The van der Waals surface area contributed by atoms with Crippen molar-refractivity contribution >= 4 is 5.91 Å². The van der Waals surface area contributed by atoms with E-state index in [1.54, 1.807) is 6.07 Å². The Morgan fingerprint density at radius 1 is 1.28 bits per heavy atom. The maximum absolute atomic E-state index is 11.6. The van der Waals surface area contributed by atoms with E-state index in [2.05, 4.69) is 20.3 Å². The third-order valence-corrected chi connectivity index (χ3v) is 3.37. The number of hydrogen-bond donors (Lipinski definition) is 2. The highest BCUT2D eigenvalue weighted by atomic mass is 16.5. The van der Waals surface area contributed by atoms with Crippen LogP contribution in [-0.2, 0) is 0 Å². The largest absolute Gasteiger partial charge is 0.364 e. The van der Waals surface area contributed by atoms with Crippen molar-refractivity contribution in [2.24, 2.45) is 0 Å². The summed E-state index contributed by atoms with van der Waals surface area (Å²) < 4.78 is 4.62. The number of rotatable bonds is 5. The Balaban J connectivity index is 1.59. The molecule has 1 aliphatic rings. The van der Waals surface area contributed by atoms with Gasteiger partial charge in [-0.05, 0) is 12.8 Å². The fourth-order valence-corrected chi connectivity index (χ4v) is 2.36. The van der Waals surface area contributed by atoms with Gasteiger partial charge in [0.2, 0.25) is 0 Å². The van der Waals surface area contributed by atoms with Crippen LogP contribution < -0.4 is 10.6 Å². The quantitative estimate of drug-likeness (QED) is 0.617. The van der Waals surface area contributed by atoms with Crippen molar-refractivity contribution in [2.45, 2.75) is 44.6 Å². The van der Waals surface area contributed by atoms with Crippen LogP contribution in [0, 0.1) is 0 Å². The molecule has 0 bridgehead atoms. The van der Waals surface area contributed by atoms with Crippen molar-refractivity contribution in [3.8, 4) is 0 Å². The maximum atomic E-state index is 11.6. The second-order valence-electron chi connectivity index (χ2n) is 4.78. The van der Waals surface area contributed by atoms with Gasteiger partial charge in [-0.2, -0.15) is 0 Å². The summed E-state index contributed by atoms with van der Waals surface area (Å²) in [5, 5.41) is 9.91. The number of aromatic nitrogens is 1. The van der Waals surface area contributed by atoms with E-state index < -0.39 is 0 Å². The molecule has 1 aromatic rings. The summed E-state index contributed by atoms with van der Waals surface area (Å²) in [6.07, 6.45) is 9.29. The van der Waals surface area contributed by atoms with Crippen molar-refractivity contribution < 1.29 is 9.32 Å². The third kappa shape index (κ3) is 4.14. The molecular weight excluding hydrogens is 230 g/mol. The lowest BCUT2D eigenvalue weighted by Crippen LogP contribution is -2.36. The first kappa shape index (κ1) is 13.1. The Bertz CT molecular complexity index is 343. The lowest BCUT2D eigenvalue weighted by Gasteiger charge is -2.16. The zero-order valence-electron chi connectivity index (χ0n) is 10.7. The number of carbonyl (C=O) groups is 1. The standard InChI is InChI=1S/C13H21N3O2/c17-13(12-7-10-18-16-12)15-9-8-14-11-5-3-1-2-4-6-11/h7,10-11,14H,1-6,8-9H2,(H,15,17). The summed E-state index contributed by atoms with van der Waals surface area (Å²) >= 11 is 0. The van der Waals surface area contributed by atoms with Crippen molar-refractivity contribution in [1.29, 1.82) is 0 Å². The molecule has 100 valence electrons. The highest BCUT2D eigenvalue weighted by Gasteiger charge is 2.11. The Hall–Kier alpha value is -1.36. The molecule has 1 aromatic heterocycles. The molecular formula is C13H21N3O2. The summed E-state index contributed by atoms with van der Waals surface area (Å²) in [7, 11) is 0. The summed E-state index contributed by atoms with van der Waals surface area (Å²) in [5.74, 6) is -0.175. The highest BCUT2D eigenvalue weighted by Crippen LogP contribution is 2.16. The van der Waals surface area contributed by atoms with Crippen LogP contribution in [0.4, 0.5) is 0 Å². The molecule has 5 heteroatoms. The molecule has 0 unspecified atom stereocenters. The first-order valence-electron chi connectivity index (χ1n) is 6.78. The third-order valence-electron chi connectivity index (χ3n) is 3.37. The van der Waals surface area contributed by atoms with E-state index in [1.807, 2.05) is 0 Å². The van der Waals surface area contributed by atoms with E-state index in [4.69, 9.17) is 0 Å². The zero-order chi connectivity index (χ0) is 12.6. The van der Waals surface area contributed by atoms with E-state index in [9.17, 15) is 4.79 Å². The fourth-order valence-electron chi connectivity index (χ4n) is 2.36. The first-order valence-corrected chi connectivity index (χ1v) is 6.78. The van der Waals surface area contributed by atoms with Gasteiger partial charge in [0.15, 0.2) is 5.69 Å². The van der Waals surface area contributed by atoms with E-state index in [0.717, 1.165) is 6.54 Å². The van der Waals surface area contributed by atoms with Crippen LogP contribution in [0.2, 0.25) is 0 Å². The van der Waals surface area contributed by atoms with Crippen LogP contribution in [0.5, 0.6) is 0 Å². The summed E-state index contributed by atoms with van der Waals surface area (Å²) in [6.45, 7) is 1.44. The van der Waals surface area contributed by atoms with Gasteiger partial charge in [-0.3, -0.25) is 4.79 Å². The van der Waals surface area contributed by atoms with Gasteiger partial charge in [-0.15, -0.1) is 0 Å². The van der Waals surface area contributed by atoms with Crippen LogP contribution in [0.15, 0.2) is 16.9 Å². The predicted molar refractivity (Wildman–Crippen MR) is 68.3 cm³/mol. The number of amides is 1. The average molecular weight is 251 g/mol. The molecule has 0 radical (unpaired) electrons. The maximum Gasteiger partial charge on any atom is 0.273 e.